The molecule has 0 radical (unpaired) electrons. The fourth-order valence-corrected chi connectivity index (χ4v) is 2.54. The van der Waals surface area contributed by atoms with Crippen molar-refractivity contribution < 1.29 is 18.0 Å². The molecule has 2 N–H and O–H groups in total. The lowest BCUT2D eigenvalue weighted by atomic mass is 9.89. The van der Waals surface area contributed by atoms with E-state index in [-0.39, 0.29) is 17.4 Å². The number of carbonyl (C=O) groups excluding carboxylic acids is 1. The summed E-state index contributed by atoms with van der Waals surface area (Å²) in [5.41, 5.74) is 6.42. The number of aromatic nitrogens is 1. The molecule has 0 fully saturated rings. The van der Waals surface area contributed by atoms with Crippen LogP contribution in [-0.2, 0) is 22.8 Å². The molecule has 2 aromatic rings. The van der Waals surface area contributed by atoms with E-state index in [1.54, 1.807) is 6.20 Å². The third-order valence-electron chi connectivity index (χ3n) is 3.99. The van der Waals surface area contributed by atoms with Gasteiger partial charge < -0.3 is 5.73 Å². The number of nitrogens with zero attached hydrogens (tertiary/aromatic N) is 1. The normalized spacial score (nSPS) is 13.5. The number of pyridine rings is 1. The van der Waals surface area contributed by atoms with Gasteiger partial charge in [0.05, 0.1) is 11.5 Å². The van der Waals surface area contributed by atoms with E-state index in [0.29, 0.717) is 0 Å². The Morgan fingerprint density at radius 1 is 1.16 bits per heavy atom. The Morgan fingerprint density at radius 3 is 2.32 bits per heavy atom. The van der Waals surface area contributed by atoms with Crippen LogP contribution >= 0.6 is 0 Å². The van der Waals surface area contributed by atoms with Gasteiger partial charge in [-0.3, -0.25) is 9.78 Å². The van der Waals surface area contributed by atoms with Crippen LogP contribution < -0.4 is 5.73 Å². The summed E-state index contributed by atoms with van der Waals surface area (Å²) in [5, 5.41) is 0. The second kappa shape index (κ2) is 6.86. The maximum Gasteiger partial charge on any atom is 0.416 e. The van der Waals surface area contributed by atoms with Crippen LogP contribution in [0.3, 0.4) is 0 Å². The molecule has 1 aromatic heterocycles. The molecule has 0 saturated carbocycles. The highest BCUT2D eigenvalue weighted by Crippen LogP contribution is 2.32. The van der Waals surface area contributed by atoms with Crippen molar-refractivity contribution in [3.05, 3.63) is 65.0 Å². The van der Waals surface area contributed by atoms with E-state index in [4.69, 9.17) is 5.73 Å². The van der Waals surface area contributed by atoms with Crippen molar-refractivity contribution >= 4 is 5.91 Å². The lowest BCUT2D eigenvalue weighted by Crippen LogP contribution is -2.24. The first-order valence-electron chi connectivity index (χ1n) is 7.90. The van der Waals surface area contributed by atoms with E-state index in [2.05, 4.69) is 4.98 Å². The Labute approximate surface area is 145 Å². The van der Waals surface area contributed by atoms with E-state index >= 15 is 0 Å². The lowest BCUT2D eigenvalue weighted by Gasteiger charge is -2.19. The molecule has 2 rings (SSSR count). The first-order chi connectivity index (χ1) is 11.5. The molecule has 0 bridgehead atoms. The molecule has 0 aliphatic carbocycles. The SMILES string of the molecule is CC(C)(C)c1ccc(CC(C(N)=O)c2cccc(C(F)(F)F)c2)cn1. The molecule has 25 heavy (non-hydrogen) atoms. The molecule has 3 nitrogen and oxygen atoms in total. The van der Waals surface area contributed by atoms with Gasteiger partial charge in [-0.15, -0.1) is 0 Å². The molecule has 0 saturated heterocycles. The van der Waals surface area contributed by atoms with Crippen molar-refractivity contribution in [2.45, 2.75) is 44.7 Å². The van der Waals surface area contributed by atoms with Crippen LogP contribution in [0.25, 0.3) is 0 Å². The summed E-state index contributed by atoms with van der Waals surface area (Å²) in [5.74, 6) is -1.51. The van der Waals surface area contributed by atoms with Gasteiger partial charge in [0.25, 0.3) is 0 Å². The third-order valence-corrected chi connectivity index (χ3v) is 3.99. The molecule has 6 heteroatoms. The summed E-state index contributed by atoms with van der Waals surface area (Å²) in [6, 6.07) is 8.42. The molecule has 1 unspecified atom stereocenters. The molecule has 1 atom stereocenters. The number of halogens is 3. The Balaban J connectivity index is 2.29. The summed E-state index contributed by atoms with van der Waals surface area (Å²) in [6.45, 7) is 6.09. The first kappa shape index (κ1) is 19.0. The first-order valence-corrected chi connectivity index (χ1v) is 7.90. The molecule has 0 aliphatic rings. The summed E-state index contributed by atoms with van der Waals surface area (Å²) >= 11 is 0. The van der Waals surface area contributed by atoms with E-state index in [9.17, 15) is 18.0 Å². The second-order valence-corrected chi connectivity index (χ2v) is 7.08. The van der Waals surface area contributed by atoms with Crippen LogP contribution in [0.4, 0.5) is 13.2 Å². The van der Waals surface area contributed by atoms with Crippen LogP contribution in [0.2, 0.25) is 0 Å². The average Bonchev–Trinajstić information content (AvgIpc) is 2.51. The molecule has 134 valence electrons. The number of nitrogens with two attached hydrogens (primary N) is 1. The number of alkyl halides is 3. The number of amides is 1. The van der Waals surface area contributed by atoms with Crippen LogP contribution in [0.1, 0.15) is 49.1 Å². The number of carbonyl (C=O) groups is 1. The molecule has 1 heterocycles. The zero-order chi connectivity index (χ0) is 18.8. The van der Waals surface area contributed by atoms with Gasteiger partial charge in [-0.05, 0) is 29.7 Å². The molecular weight excluding hydrogens is 329 g/mol. The summed E-state index contributed by atoms with van der Waals surface area (Å²) in [4.78, 5) is 16.2. The van der Waals surface area contributed by atoms with Gasteiger partial charge in [0.1, 0.15) is 0 Å². The second-order valence-electron chi connectivity index (χ2n) is 7.08. The van der Waals surface area contributed by atoms with Crippen LogP contribution in [0.5, 0.6) is 0 Å². The third kappa shape index (κ3) is 4.81. The van der Waals surface area contributed by atoms with Gasteiger partial charge in [-0.2, -0.15) is 13.2 Å². The van der Waals surface area contributed by atoms with Crippen molar-refractivity contribution in [3.63, 3.8) is 0 Å². The van der Waals surface area contributed by atoms with Gasteiger partial charge in [-0.25, -0.2) is 0 Å². The zero-order valence-corrected chi connectivity index (χ0v) is 14.4. The molecule has 0 spiro atoms. The van der Waals surface area contributed by atoms with Crippen molar-refractivity contribution in [1.29, 1.82) is 0 Å². The predicted molar refractivity (Wildman–Crippen MR) is 90.0 cm³/mol. The van der Waals surface area contributed by atoms with E-state index in [1.807, 2.05) is 32.9 Å². The van der Waals surface area contributed by atoms with Gasteiger partial charge in [0.2, 0.25) is 5.91 Å². The molecular formula is C19H21F3N2O. The van der Waals surface area contributed by atoms with Crippen LogP contribution in [-0.4, -0.2) is 10.9 Å². The Hall–Kier alpha value is -2.37. The van der Waals surface area contributed by atoms with E-state index in [1.165, 1.54) is 12.1 Å². The summed E-state index contributed by atoms with van der Waals surface area (Å²) in [6.07, 6.45) is -2.62. The molecule has 1 amide bonds. The summed E-state index contributed by atoms with van der Waals surface area (Å²) in [7, 11) is 0. The van der Waals surface area contributed by atoms with E-state index < -0.39 is 23.6 Å². The largest absolute Gasteiger partial charge is 0.416 e. The summed E-state index contributed by atoms with van der Waals surface area (Å²) < 4.78 is 38.7. The van der Waals surface area contributed by atoms with Gasteiger partial charge in [-0.1, -0.05) is 45.0 Å². The quantitative estimate of drug-likeness (QED) is 0.898. The topological polar surface area (TPSA) is 56.0 Å². The molecule has 0 aliphatic heterocycles. The minimum Gasteiger partial charge on any atom is -0.369 e. The van der Waals surface area contributed by atoms with Crippen molar-refractivity contribution in [3.8, 4) is 0 Å². The van der Waals surface area contributed by atoms with Gasteiger partial charge >= 0.3 is 6.18 Å². The fourth-order valence-electron chi connectivity index (χ4n) is 2.54. The highest BCUT2D eigenvalue weighted by Gasteiger charge is 2.31. The number of hydrogen-bond donors (Lipinski definition) is 1. The minimum absolute atomic E-state index is 0.108. The predicted octanol–water partition coefficient (Wildman–Crippen LogP) is 4.21. The number of rotatable bonds is 4. The van der Waals surface area contributed by atoms with E-state index in [0.717, 1.165) is 23.4 Å². The monoisotopic (exact) mass is 350 g/mol. The van der Waals surface area contributed by atoms with Crippen LogP contribution in [0.15, 0.2) is 42.6 Å². The van der Waals surface area contributed by atoms with Crippen molar-refractivity contribution in [2.24, 2.45) is 5.73 Å². The fraction of sp³-hybridized carbons (Fsp3) is 0.368. The highest BCUT2D eigenvalue weighted by molar-refractivity contribution is 5.82. The maximum atomic E-state index is 12.9. The average molecular weight is 350 g/mol. The Kier molecular flexibility index (Phi) is 5.20. The number of hydrogen-bond acceptors (Lipinski definition) is 2. The Morgan fingerprint density at radius 2 is 1.84 bits per heavy atom. The standard InChI is InChI=1S/C19H21F3N2O/c1-18(2,3)16-8-7-12(11-24-16)9-15(17(23)25)13-5-4-6-14(10-13)19(20,21)22/h4-8,10-11,15H,9H2,1-3H3,(H2,23,25). The number of primary amides is 1. The minimum atomic E-state index is -4.46. The van der Waals surface area contributed by atoms with Crippen molar-refractivity contribution in [1.82, 2.24) is 4.98 Å². The van der Waals surface area contributed by atoms with Crippen LogP contribution in [0, 0.1) is 0 Å². The highest BCUT2D eigenvalue weighted by atomic mass is 19.4. The van der Waals surface area contributed by atoms with Crippen molar-refractivity contribution in [2.75, 3.05) is 0 Å². The smallest absolute Gasteiger partial charge is 0.369 e. The number of benzene rings is 1. The van der Waals surface area contributed by atoms with Gasteiger partial charge in [0, 0.05) is 17.3 Å². The Bertz CT molecular complexity index is 746. The lowest BCUT2D eigenvalue weighted by molar-refractivity contribution is -0.137. The maximum absolute atomic E-state index is 12.9. The van der Waals surface area contributed by atoms with Gasteiger partial charge in [0.15, 0.2) is 0 Å². The zero-order valence-electron chi connectivity index (χ0n) is 14.4. The molecule has 1 aromatic carbocycles.